The molecule has 186 valence electrons. The van der Waals surface area contributed by atoms with Crippen molar-refractivity contribution in [3.8, 4) is 16.9 Å². The summed E-state index contributed by atoms with van der Waals surface area (Å²) in [7, 11) is -3.58. The molecule has 2 aromatic carbocycles. The molecule has 0 bridgehead atoms. The number of benzene rings is 2. The number of sulfonamides is 1. The average Bonchev–Trinajstić information content (AvgIpc) is 3.25. The van der Waals surface area contributed by atoms with Gasteiger partial charge in [-0.2, -0.15) is 4.31 Å². The zero-order chi connectivity index (χ0) is 24.3. The Morgan fingerprint density at radius 1 is 0.971 bits per heavy atom. The molecular formula is C26H35FN2O4S. The summed E-state index contributed by atoms with van der Waals surface area (Å²) in [6.45, 7) is 6.71. The van der Waals surface area contributed by atoms with Crippen molar-refractivity contribution in [3.63, 3.8) is 0 Å². The number of alkyl halides is 1. The van der Waals surface area contributed by atoms with Crippen LogP contribution in [0, 0.1) is 5.92 Å². The van der Waals surface area contributed by atoms with Gasteiger partial charge in [-0.05, 0) is 87.5 Å². The number of hydrogen-bond donors (Lipinski definition) is 1. The summed E-state index contributed by atoms with van der Waals surface area (Å²) in [6.07, 6.45) is 1.92. The first kappa shape index (κ1) is 25.1. The topological polar surface area (TPSA) is 70.1 Å². The van der Waals surface area contributed by atoms with Crippen LogP contribution in [0.3, 0.4) is 0 Å². The largest absolute Gasteiger partial charge is 0.493 e. The normalized spacial score (nSPS) is 21.1. The molecule has 0 amide bonds. The zero-order valence-electron chi connectivity index (χ0n) is 20.0. The van der Waals surface area contributed by atoms with Gasteiger partial charge in [0.1, 0.15) is 11.4 Å². The molecule has 2 aromatic rings. The Hall–Kier alpha value is -2.00. The summed E-state index contributed by atoms with van der Waals surface area (Å²) in [5.74, 6) is 1.28. The van der Waals surface area contributed by atoms with Gasteiger partial charge in [0.15, 0.2) is 0 Å². The molecule has 0 unspecified atom stereocenters. The number of aliphatic hydroxyl groups is 1. The van der Waals surface area contributed by atoms with Gasteiger partial charge >= 0.3 is 0 Å². The lowest BCUT2D eigenvalue weighted by atomic mass is 9.97. The lowest BCUT2D eigenvalue weighted by Crippen LogP contribution is -2.41. The van der Waals surface area contributed by atoms with Crippen LogP contribution in [0.15, 0.2) is 53.4 Å². The molecule has 34 heavy (non-hydrogen) atoms. The molecule has 8 heteroatoms. The van der Waals surface area contributed by atoms with Crippen molar-refractivity contribution in [2.75, 3.05) is 39.3 Å². The van der Waals surface area contributed by atoms with E-state index in [0.717, 1.165) is 42.8 Å². The van der Waals surface area contributed by atoms with Crippen LogP contribution in [-0.2, 0) is 10.0 Å². The monoisotopic (exact) mass is 490 g/mol. The zero-order valence-corrected chi connectivity index (χ0v) is 20.8. The van der Waals surface area contributed by atoms with Crippen LogP contribution >= 0.6 is 0 Å². The molecule has 2 saturated heterocycles. The maximum atomic E-state index is 13.8. The fourth-order valence-electron chi connectivity index (χ4n) is 4.70. The Bertz CT molecular complexity index is 1040. The highest BCUT2D eigenvalue weighted by Crippen LogP contribution is 2.27. The third-order valence-corrected chi connectivity index (χ3v) is 8.48. The second kappa shape index (κ2) is 10.3. The standard InChI is InChI=1S/C26H35FN2O4S/c1-26(2,27)19-28-14-11-20(12-15-28)18-33-24-7-3-21(4-8-24)22-5-9-25(10-6-22)34(31,32)29-16-13-23(30)17-29/h3-10,20,23,30H,11-19H2,1-2H3/t23-/m0/s1. The van der Waals surface area contributed by atoms with E-state index in [1.54, 1.807) is 26.0 Å². The fourth-order valence-corrected chi connectivity index (χ4v) is 6.19. The SMILES string of the molecule is CC(C)(F)CN1CCC(COc2ccc(-c3ccc(S(=O)(=O)N4CC[C@H](O)C4)cc3)cc2)CC1. The minimum absolute atomic E-state index is 0.153. The Morgan fingerprint density at radius 2 is 1.56 bits per heavy atom. The smallest absolute Gasteiger partial charge is 0.243 e. The van der Waals surface area contributed by atoms with Gasteiger partial charge in [0.2, 0.25) is 10.0 Å². The Balaban J connectivity index is 1.29. The lowest BCUT2D eigenvalue weighted by molar-refractivity contribution is 0.0836. The first-order valence-electron chi connectivity index (χ1n) is 12.0. The van der Waals surface area contributed by atoms with Crippen LogP contribution in [0.1, 0.15) is 33.1 Å². The van der Waals surface area contributed by atoms with Gasteiger partial charge in [-0.3, -0.25) is 0 Å². The minimum Gasteiger partial charge on any atom is -0.493 e. The van der Waals surface area contributed by atoms with E-state index in [-0.39, 0.29) is 11.4 Å². The van der Waals surface area contributed by atoms with Crippen molar-refractivity contribution in [3.05, 3.63) is 48.5 Å². The highest BCUT2D eigenvalue weighted by Gasteiger charge is 2.31. The van der Waals surface area contributed by atoms with Crippen LogP contribution in [0.5, 0.6) is 5.75 Å². The summed E-state index contributed by atoms with van der Waals surface area (Å²) in [5, 5.41) is 9.65. The van der Waals surface area contributed by atoms with E-state index in [1.165, 1.54) is 4.31 Å². The summed E-state index contributed by atoms with van der Waals surface area (Å²) < 4.78 is 46.6. The first-order chi connectivity index (χ1) is 16.1. The van der Waals surface area contributed by atoms with Crippen molar-refractivity contribution in [2.45, 2.75) is 49.8 Å². The Kier molecular flexibility index (Phi) is 7.62. The average molecular weight is 491 g/mol. The van der Waals surface area contributed by atoms with Crippen molar-refractivity contribution < 1.29 is 22.7 Å². The summed E-state index contributed by atoms with van der Waals surface area (Å²) in [6, 6.07) is 14.7. The van der Waals surface area contributed by atoms with E-state index in [2.05, 4.69) is 4.90 Å². The van der Waals surface area contributed by atoms with Crippen molar-refractivity contribution in [1.29, 1.82) is 0 Å². The highest BCUT2D eigenvalue weighted by molar-refractivity contribution is 7.89. The quantitative estimate of drug-likeness (QED) is 0.607. The molecule has 0 spiro atoms. The summed E-state index contributed by atoms with van der Waals surface area (Å²) in [5.41, 5.74) is 0.752. The van der Waals surface area contributed by atoms with Crippen LogP contribution in [0.2, 0.25) is 0 Å². The fraction of sp³-hybridized carbons (Fsp3) is 0.538. The summed E-state index contributed by atoms with van der Waals surface area (Å²) in [4.78, 5) is 2.43. The third kappa shape index (κ3) is 6.36. The van der Waals surface area contributed by atoms with Crippen LogP contribution < -0.4 is 4.74 Å². The number of aliphatic hydroxyl groups excluding tert-OH is 1. The molecule has 4 rings (SSSR count). The van der Waals surface area contributed by atoms with Gasteiger partial charge in [-0.15, -0.1) is 0 Å². The van der Waals surface area contributed by atoms with Crippen LogP contribution in [-0.4, -0.2) is 73.8 Å². The van der Waals surface area contributed by atoms with Gasteiger partial charge < -0.3 is 14.7 Å². The number of likely N-dealkylation sites (tertiary alicyclic amines) is 1. The highest BCUT2D eigenvalue weighted by atomic mass is 32.2. The third-order valence-electron chi connectivity index (χ3n) is 6.60. The number of halogens is 1. The number of β-amino-alcohol motifs (C(OH)–C–C–N with tert-alkyl or cyclic N) is 1. The predicted octanol–water partition coefficient (Wildman–Crippen LogP) is 3.95. The molecule has 2 fully saturated rings. The molecule has 0 aromatic heterocycles. The number of rotatable bonds is 8. The number of hydrogen-bond acceptors (Lipinski definition) is 5. The molecule has 0 saturated carbocycles. The van der Waals surface area contributed by atoms with E-state index in [4.69, 9.17) is 4.74 Å². The second-order valence-electron chi connectivity index (χ2n) is 10.1. The van der Waals surface area contributed by atoms with Crippen molar-refractivity contribution in [2.24, 2.45) is 5.92 Å². The van der Waals surface area contributed by atoms with Crippen molar-refractivity contribution >= 4 is 10.0 Å². The molecule has 2 aliphatic rings. The summed E-state index contributed by atoms with van der Waals surface area (Å²) >= 11 is 0. The molecule has 6 nitrogen and oxygen atoms in total. The molecule has 0 radical (unpaired) electrons. The Morgan fingerprint density at radius 3 is 2.09 bits per heavy atom. The van der Waals surface area contributed by atoms with Crippen molar-refractivity contribution in [1.82, 2.24) is 9.21 Å². The maximum absolute atomic E-state index is 13.8. The Labute approximate surface area is 202 Å². The molecular weight excluding hydrogens is 455 g/mol. The lowest BCUT2D eigenvalue weighted by Gasteiger charge is -2.34. The molecule has 2 aliphatic heterocycles. The van der Waals surface area contributed by atoms with Gasteiger partial charge in [0.25, 0.3) is 0 Å². The van der Waals surface area contributed by atoms with Gasteiger partial charge in [0, 0.05) is 19.6 Å². The van der Waals surface area contributed by atoms with E-state index >= 15 is 0 Å². The minimum atomic E-state index is -3.58. The molecule has 0 aliphatic carbocycles. The van der Waals surface area contributed by atoms with E-state index in [9.17, 15) is 17.9 Å². The van der Waals surface area contributed by atoms with Crippen LogP contribution in [0.4, 0.5) is 4.39 Å². The van der Waals surface area contributed by atoms with E-state index < -0.39 is 21.8 Å². The van der Waals surface area contributed by atoms with Crippen LogP contribution in [0.25, 0.3) is 11.1 Å². The number of nitrogens with zero attached hydrogens (tertiary/aromatic N) is 2. The van der Waals surface area contributed by atoms with E-state index in [1.807, 2.05) is 36.4 Å². The number of ether oxygens (including phenoxy) is 1. The second-order valence-corrected chi connectivity index (χ2v) is 12.0. The first-order valence-corrected chi connectivity index (χ1v) is 13.5. The molecule has 1 atom stereocenters. The predicted molar refractivity (Wildman–Crippen MR) is 131 cm³/mol. The molecule has 1 N–H and O–H groups in total. The van der Waals surface area contributed by atoms with E-state index in [0.29, 0.717) is 32.0 Å². The maximum Gasteiger partial charge on any atom is 0.243 e. The van der Waals surface area contributed by atoms with Gasteiger partial charge in [-0.1, -0.05) is 24.3 Å². The van der Waals surface area contributed by atoms with Gasteiger partial charge in [-0.25, -0.2) is 12.8 Å². The molecule has 2 heterocycles. The van der Waals surface area contributed by atoms with Gasteiger partial charge in [0.05, 0.1) is 17.6 Å². The number of piperidine rings is 1.